The molecule has 2 aromatic rings. The van der Waals surface area contributed by atoms with Gasteiger partial charge in [-0.05, 0) is 42.8 Å². The van der Waals surface area contributed by atoms with Crippen LogP contribution in [0.3, 0.4) is 0 Å². The number of hydrogen-bond acceptors (Lipinski definition) is 8. The molecule has 5 N–H and O–H groups in total. The van der Waals surface area contributed by atoms with Gasteiger partial charge in [0.2, 0.25) is 0 Å². The van der Waals surface area contributed by atoms with Gasteiger partial charge in [-0.2, -0.15) is 0 Å². The fourth-order valence-electron chi connectivity index (χ4n) is 3.87. The van der Waals surface area contributed by atoms with Gasteiger partial charge in [0, 0.05) is 18.9 Å². The Kier molecular flexibility index (Phi) is 6.16. The maximum Gasteiger partial charge on any atom is 0.342 e. The van der Waals surface area contributed by atoms with Crippen molar-refractivity contribution in [3.63, 3.8) is 0 Å². The number of carbonyl (C=O) groups is 1. The van der Waals surface area contributed by atoms with Crippen molar-refractivity contribution in [1.82, 2.24) is 0 Å². The van der Waals surface area contributed by atoms with Crippen LogP contribution in [0, 0.1) is 0 Å². The molecule has 4 atom stereocenters. The molecule has 2 aromatic carbocycles. The van der Waals surface area contributed by atoms with Crippen molar-refractivity contribution in [1.29, 1.82) is 0 Å². The van der Waals surface area contributed by atoms with E-state index >= 15 is 0 Å². The van der Waals surface area contributed by atoms with Gasteiger partial charge < -0.3 is 35.0 Å². The first-order valence-corrected chi connectivity index (χ1v) is 9.50. The Morgan fingerprint density at radius 2 is 1.86 bits per heavy atom. The smallest absolute Gasteiger partial charge is 0.342 e. The van der Waals surface area contributed by atoms with Crippen LogP contribution in [0.2, 0.25) is 0 Å². The van der Waals surface area contributed by atoms with Crippen LogP contribution in [0.5, 0.6) is 17.2 Å². The van der Waals surface area contributed by atoms with Crippen molar-refractivity contribution in [3.05, 3.63) is 29.3 Å². The van der Waals surface area contributed by atoms with Gasteiger partial charge in [-0.15, -0.1) is 0 Å². The molecule has 0 amide bonds. The lowest BCUT2D eigenvalue weighted by molar-refractivity contribution is -0.00292. The molecule has 158 valence electrons. The van der Waals surface area contributed by atoms with E-state index in [0.717, 1.165) is 0 Å². The summed E-state index contributed by atoms with van der Waals surface area (Å²) in [6, 6.07) is 4.68. The van der Waals surface area contributed by atoms with E-state index in [1.807, 2.05) is 0 Å². The number of aliphatic hydroxyl groups excluding tert-OH is 3. The number of aromatic hydroxyl groups is 2. The lowest BCUT2D eigenvalue weighted by Crippen LogP contribution is -2.32. The number of rotatable bonds is 7. The minimum atomic E-state index is -0.915. The van der Waals surface area contributed by atoms with Crippen LogP contribution < -0.4 is 4.74 Å². The summed E-state index contributed by atoms with van der Waals surface area (Å²) in [5, 5.41) is 50.8. The summed E-state index contributed by atoms with van der Waals surface area (Å²) in [5.41, 5.74) is 0.540. The number of hydrogen-bond donors (Lipinski definition) is 5. The fraction of sp³-hybridized carbons (Fsp3) is 0.476. The standard InChI is InChI=1S/C21H26O8/c1-10(22)3-13(23)7-14(24)8-16-6-12-4-11-5-15(28-2)9-17(25)18(11)20(26)19(12)21(27)29-16/h4-5,9-10,13-14,16,22-26H,3,6-8H2,1-2H3. The van der Waals surface area contributed by atoms with Gasteiger partial charge in [-0.25, -0.2) is 4.79 Å². The number of benzene rings is 2. The second kappa shape index (κ2) is 8.44. The van der Waals surface area contributed by atoms with Gasteiger partial charge in [0.15, 0.2) is 0 Å². The summed E-state index contributed by atoms with van der Waals surface area (Å²) in [6.07, 6.45) is -2.49. The molecule has 0 radical (unpaired) electrons. The van der Waals surface area contributed by atoms with Crippen LogP contribution in [0.1, 0.15) is 42.1 Å². The van der Waals surface area contributed by atoms with Gasteiger partial charge in [-0.1, -0.05) is 0 Å². The highest BCUT2D eigenvalue weighted by Crippen LogP contribution is 2.42. The maximum atomic E-state index is 12.5. The molecule has 1 aliphatic heterocycles. The molecule has 0 saturated heterocycles. The highest BCUT2D eigenvalue weighted by atomic mass is 16.5. The Morgan fingerprint density at radius 3 is 2.52 bits per heavy atom. The molecule has 0 aliphatic carbocycles. The van der Waals surface area contributed by atoms with E-state index in [4.69, 9.17) is 9.47 Å². The number of esters is 1. The predicted molar refractivity (Wildman–Crippen MR) is 104 cm³/mol. The summed E-state index contributed by atoms with van der Waals surface area (Å²) in [5.74, 6) is -0.888. The number of phenolic OH excluding ortho intramolecular Hbond substituents is 2. The van der Waals surface area contributed by atoms with Crippen molar-refractivity contribution in [2.45, 2.75) is 57.0 Å². The molecule has 29 heavy (non-hydrogen) atoms. The van der Waals surface area contributed by atoms with Gasteiger partial charge in [0.05, 0.1) is 30.8 Å². The number of methoxy groups -OCH3 is 1. The first-order chi connectivity index (χ1) is 13.7. The van der Waals surface area contributed by atoms with Gasteiger partial charge in [-0.3, -0.25) is 0 Å². The number of carbonyl (C=O) groups excluding carboxylic acids is 1. The highest BCUT2D eigenvalue weighted by molar-refractivity contribution is 6.05. The SMILES string of the molecule is COc1cc(O)c2c(O)c3c(cc2c1)CC(CC(O)CC(O)CC(C)O)OC3=O. The minimum Gasteiger partial charge on any atom is -0.507 e. The largest absolute Gasteiger partial charge is 0.507 e. The van der Waals surface area contributed by atoms with Crippen LogP contribution in [0.15, 0.2) is 18.2 Å². The Morgan fingerprint density at radius 1 is 1.14 bits per heavy atom. The molecule has 0 bridgehead atoms. The van der Waals surface area contributed by atoms with Gasteiger partial charge >= 0.3 is 5.97 Å². The molecule has 1 heterocycles. The fourth-order valence-corrected chi connectivity index (χ4v) is 3.87. The number of cyclic esters (lactones) is 1. The van der Waals surface area contributed by atoms with E-state index in [1.165, 1.54) is 13.2 Å². The minimum absolute atomic E-state index is 0.00199. The number of fused-ring (bicyclic) bond motifs is 2. The van der Waals surface area contributed by atoms with Crippen molar-refractivity contribution >= 4 is 16.7 Å². The predicted octanol–water partition coefficient (Wildman–Crippen LogP) is 1.61. The van der Waals surface area contributed by atoms with E-state index in [0.29, 0.717) is 16.7 Å². The van der Waals surface area contributed by atoms with E-state index < -0.39 is 30.4 Å². The lowest BCUT2D eigenvalue weighted by atomic mass is 9.90. The molecule has 0 fully saturated rings. The second-order valence-corrected chi connectivity index (χ2v) is 7.60. The molecule has 8 heteroatoms. The molecular weight excluding hydrogens is 380 g/mol. The summed E-state index contributed by atoms with van der Waals surface area (Å²) in [7, 11) is 1.46. The Bertz CT molecular complexity index is 907. The summed E-state index contributed by atoms with van der Waals surface area (Å²) >= 11 is 0. The molecule has 1 aliphatic rings. The quantitative estimate of drug-likeness (QED) is 0.438. The molecular formula is C21H26O8. The molecule has 0 spiro atoms. The van der Waals surface area contributed by atoms with E-state index in [2.05, 4.69) is 0 Å². The first-order valence-electron chi connectivity index (χ1n) is 9.50. The Balaban J connectivity index is 1.83. The number of aliphatic hydroxyl groups is 3. The molecule has 3 rings (SSSR count). The number of phenols is 2. The van der Waals surface area contributed by atoms with E-state index in [-0.39, 0.29) is 48.1 Å². The van der Waals surface area contributed by atoms with Crippen LogP contribution in [-0.2, 0) is 11.2 Å². The third-order valence-electron chi connectivity index (χ3n) is 5.10. The summed E-state index contributed by atoms with van der Waals surface area (Å²) in [6.45, 7) is 1.55. The van der Waals surface area contributed by atoms with Gasteiger partial charge in [0.1, 0.15) is 28.9 Å². The summed E-state index contributed by atoms with van der Waals surface area (Å²) < 4.78 is 10.5. The second-order valence-electron chi connectivity index (χ2n) is 7.60. The number of ether oxygens (including phenoxy) is 2. The zero-order chi connectivity index (χ0) is 21.3. The molecule has 0 aromatic heterocycles. The normalized spacial score (nSPS) is 19.3. The molecule has 4 unspecified atom stereocenters. The van der Waals surface area contributed by atoms with Crippen LogP contribution in [0.25, 0.3) is 10.8 Å². The van der Waals surface area contributed by atoms with E-state index in [9.17, 15) is 30.3 Å². The Labute approximate surface area is 167 Å². The van der Waals surface area contributed by atoms with Crippen molar-refractivity contribution in [2.24, 2.45) is 0 Å². The van der Waals surface area contributed by atoms with Crippen LogP contribution in [-0.4, -0.2) is 63.0 Å². The van der Waals surface area contributed by atoms with Crippen molar-refractivity contribution in [3.8, 4) is 17.2 Å². The lowest BCUT2D eigenvalue weighted by Gasteiger charge is -2.28. The Hall–Kier alpha value is -2.55. The highest BCUT2D eigenvalue weighted by Gasteiger charge is 2.32. The molecule has 0 saturated carbocycles. The topological polar surface area (TPSA) is 137 Å². The third kappa shape index (κ3) is 4.55. The maximum absolute atomic E-state index is 12.5. The summed E-state index contributed by atoms with van der Waals surface area (Å²) in [4.78, 5) is 12.5. The first kappa shape index (κ1) is 21.2. The zero-order valence-electron chi connectivity index (χ0n) is 16.3. The van der Waals surface area contributed by atoms with E-state index in [1.54, 1.807) is 19.1 Å². The van der Waals surface area contributed by atoms with Gasteiger partial charge in [0.25, 0.3) is 0 Å². The molecule has 8 nitrogen and oxygen atoms in total. The zero-order valence-corrected chi connectivity index (χ0v) is 16.3. The third-order valence-corrected chi connectivity index (χ3v) is 5.10. The van der Waals surface area contributed by atoms with Crippen molar-refractivity contribution in [2.75, 3.05) is 7.11 Å². The van der Waals surface area contributed by atoms with Crippen molar-refractivity contribution < 1.29 is 39.8 Å². The average Bonchev–Trinajstić information content (AvgIpc) is 2.59. The monoisotopic (exact) mass is 406 g/mol. The van der Waals surface area contributed by atoms with Crippen LogP contribution in [0.4, 0.5) is 0 Å². The average molecular weight is 406 g/mol. The van der Waals surface area contributed by atoms with Crippen LogP contribution >= 0.6 is 0 Å².